The molecule has 1 fully saturated rings. The summed E-state index contributed by atoms with van der Waals surface area (Å²) in [6, 6.07) is 10.9. The molecule has 3 N–H and O–H groups in total. The number of thioether (sulfide) groups is 1. The van der Waals surface area contributed by atoms with Gasteiger partial charge in [-0.1, -0.05) is 23.7 Å². The molecule has 0 spiro atoms. The second-order valence-corrected chi connectivity index (χ2v) is 10.4. The third kappa shape index (κ3) is 5.03. The quantitative estimate of drug-likeness (QED) is 0.183. The first-order valence-electron chi connectivity index (χ1n) is 11.6. The number of nitrogens with one attached hydrogen (secondary N) is 2. The number of benzene rings is 3. The van der Waals surface area contributed by atoms with Crippen molar-refractivity contribution in [3.63, 3.8) is 0 Å². The third-order valence-electron chi connectivity index (χ3n) is 6.28. The van der Waals surface area contributed by atoms with Crippen molar-refractivity contribution in [3.8, 4) is 5.75 Å². The highest BCUT2D eigenvalue weighted by Crippen LogP contribution is 2.44. The predicted molar refractivity (Wildman–Crippen MR) is 147 cm³/mol. The molecule has 0 unspecified atom stereocenters. The molecular weight excluding hydrogens is 569 g/mol. The molecule has 0 atom stereocenters. The summed E-state index contributed by atoms with van der Waals surface area (Å²) in [5.41, 5.74) is 3.79. The van der Waals surface area contributed by atoms with Gasteiger partial charge in [0.15, 0.2) is 5.71 Å². The number of aromatic hydroxyl groups is 1. The van der Waals surface area contributed by atoms with E-state index in [2.05, 4.69) is 15.8 Å². The number of rotatable bonds is 4. The molecule has 2 aliphatic heterocycles. The van der Waals surface area contributed by atoms with Gasteiger partial charge in [0.25, 0.3) is 17.1 Å². The van der Waals surface area contributed by atoms with Crippen molar-refractivity contribution in [1.29, 1.82) is 0 Å². The van der Waals surface area contributed by atoms with E-state index in [9.17, 15) is 32.7 Å². The molecule has 40 heavy (non-hydrogen) atoms. The van der Waals surface area contributed by atoms with Crippen molar-refractivity contribution < 1.29 is 32.7 Å². The number of carbonyl (C=O) groups is 3. The SMILES string of the molecule is Cc1ccc(N2C(=O)C(=NNc3ccc(C=C4SC(=O)NC4=O)cc3O)c3c(Cl)cc(C(F)(F)F)cc32)cc1C. The third-order valence-corrected chi connectivity index (χ3v) is 7.39. The Morgan fingerprint density at radius 2 is 1.80 bits per heavy atom. The van der Waals surface area contributed by atoms with Crippen LogP contribution in [0.2, 0.25) is 5.02 Å². The molecule has 3 amide bonds. The summed E-state index contributed by atoms with van der Waals surface area (Å²) in [7, 11) is 0. The number of phenolic OH excluding ortho intramolecular Hbond substituents is 1. The Labute approximate surface area is 234 Å². The van der Waals surface area contributed by atoms with Gasteiger partial charge >= 0.3 is 6.18 Å². The van der Waals surface area contributed by atoms with Crippen molar-refractivity contribution >= 4 is 69.3 Å². The van der Waals surface area contributed by atoms with Crippen LogP contribution in [0.25, 0.3) is 6.08 Å². The number of carbonyl (C=O) groups excluding carboxylic acids is 3. The minimum absolute atomic E-state index is 0.000163. The van der Waals surface area contributed by atoms with Crippen molar-refractivity contribution in [2.24, 2.45) is 5.10 Å². The number of phenols is 1. The fourth-order valence-electron chi connectivity index (χ4n) is 4.14. The summed E-state index contributed by atoms with van der Waals surface area (Å²) >= 11 is 7.01. The van der Waals surface area contributed by atoms with Crippen LogP contribution >= 0.6 is 23.4 Å². The van der Waals surface area contributed by atoms with Crippen LogP contribution in [0, 0.1) is 13.8 Å². The maximum absolute atomic E-state index is 13.6. The lowest BCUT2D eigenvalue weighted by Gasteiger charge is -2.19. The molecular formula is C27H18ClF3N4O4S. The summed E-state index contributed by atoms with van der Waals surface area (Å²) in [4.78, 5) is 38.0. The van der Waals surface area contributed by atoms with Crippen LogP contribution in [-0.4, -0.2) is 27.9 Å². The molecule has 13 heteroatoms. The molecule has 204 valence electrons. The number of halogens is 4. The largest absolute Gasteiger partial charge is 0.506 e. The van der Waals surface area contributed by atoms with E-state index in [1.54, 1.807) is 18.2 Å². The first-order valence-corrected chi connectivity index (χ1v) is 12.8. The van der Waals surface area contributed by atoms with E-state index in [4.69, 9.17) is 11.6 Å². The highest BCUT2D eigenvalue weighted by atomic mass is 35.5. The number of alkyl halides is 3. The predicted octanol–water partition coefficient (Wildman–Crippen LogP) is 6.50. The molecule has 0 saturated carbocycles. The van der Waals surface area contributed by atoms with Crippen LogP contribution in [0.3, 0.4) is 0 Å². The van der Waals surface area contributed by atoms with Crippen LogP contribution in [0.5, 0.6) is 5.75 Å². The zero-order chi connectivity index (χ0) is 28.9. The van der Waals surface area contributed by atoms with Gasteiger partial charge in [0, 0.05) is 5.69 Å². The normalized spacial score (nSPS) is 17.1. The summed E-state index contributed by atoms with van der Waals surface area (Å²) < 4.78 is 40.8. The minimum atomic E-state index is -4.71. The lowest BCUT2D eigenvalue weighted by atomic mass is 10.1. The van der Waals surface area contributed by atoms with Crippen LogP contribution in [-0.2, 0) is 15.8 Å². The van der Waals surface area contributed by atoms with Crippen LogP contribution in [0.15, 0.2) is 58.5 Å². The zero-order valence-corrected chi connectivity index (χ0v) is 22.3. The first kappa shape index (κ1) is 27.3. The van der Waals surface area contributed by atoms with Gasteiger partial charge in [-0.25, -0.2) is 0 Å². The van der Waals surface area contributed by atoms with Crippen LogP contribution < -0.4 is 15.6 Å². The van der Waals surface area contributed by atoms with Gasteiger partial charge in [-0.2, -0.15) is 18.3 Å². The van der Waals surface area contributed by atoms with Crippen LogP contribution in [0.4, 0.5) is 35.0 Å². The Kier molecular flexibility index (Phi) is 6.84. The molecule has 8 nitrogen and oxygen atoms in total. The molecule has 0 aliphatic carbocycles. The fourth-order valence-corrected chi connectivity index (χ4v) is 5.12. The number of fused-ring (bicyclic) bond motifs is 1. The summed E-state index contributed by atoms with van der Waals surface area (Å²) in [5.74, 6) is -1.58. The maximum atomic E-state index is 13.6. The van der Waals surface area contributed by atoms with Crippen molar-refractivity contribution in [1.82, 2.24) is 5.32 Å². The molecule has 2 heterocycles. The number of hydrazone groups is 1. The van der Waals surface area contributed by atoms with Crippen molar-refractivity contribution in [2.45, 2.75) is 20.0 Å². The summed E-state index contributed by atoms with van der Waals surface area (Å²) in [6.45, 7) is 3.68. The Balaban J connectivity index is 1.53. The van der Waals surface area contributed by atoms with Crippen molar-refractivity contribution in [2.75, 3.05) is 10.3 Å². The molecule has 3 aromatic rings. The first-order chi connectivity index (χ1) is 18.8. The minimum Gasteiger partial charge on any atom is -0.506 e. The number of imide groups is 1. The van der Waals surface area contributed by atoms with E-state index in [-0.39, 0.29) is 38.3 Å². The molecule has 0 radical (unpaired) electrons. The summed E-state index contributed by atoms with van der Waals surface area (Å²) in [6.07, 6.45) is -3.29. The topological polar surface area (TPSA) is 111 Å². The zero-order valence-electron chi connectivity index (χ0n) is 20.7. The van der Waals surface area contributed by atoms with E-state index >= 15 is 0 Å². The summed E-state index contributed by atoms with van der Waals surface area (Å²) in [5, 5.41) is 15.9. The highest BCUT2D eigenvalue weighted by molar-refractivity contribution is 8.18. The van der Waals surface area contributed by atoms with Gasteiger partial charge in [-0.3, -0.25) is 30.0 Å². The van der Waals surface area contributed by atoms with E-state index in [0.29, 0.717) is 11.3 Å². The maximum Gasteiger partial charge on any atom is 0.416 e. The van der Waals surface area contributed by atoms with Gasteiger partial charge in [-0.15, -0.1) is 0 Å². The Morgan fingerprint density at radius 3 is 2.42 bits per heavy atom. The van der Waals surface area contributed by atoms with E-state index in [1.165, 1.54) is 24.3 Å². The van der Waals surface area contributed by atoms with Gasteiger partial charge in [-0.05, 0) is 84.8 Å². The van der Waals surface area contributed by atoms with Crippen molar-refractivity contribution in [3.05, 3.63) is 86.3 Å². The second-order valence-electron chi connectivity index (χ2n) is 8.96. The Morgan fingerprint density at radius 1 is 1.05 bits per heavy atom. The lowest BCUT2D eigenvalue weighted by molar-refractivity contribution is -0.137. The molecule has 0 aromatic heterocycles. The van der Waals surface area contributed by atoms with Gasteiger partial charge < -0.3 is 5.11 Å². The smallest absolute Gasteiger partial charge is 0.416 e. The standard InChI is InChI=1S/C27H18ClF3N4O4S/c1-12-3-5-16(7-13(12)2)35-19-11-15(27(29,30)31)10-17(28)22(19)23(25(35)38)34-33-18-6-4-14(8-20(18)36)9-21-24(37)32-26(39)40-21/h3-11,33,36H,1-2H3,(H,32,37,39). The number of hydrogen-bond donors (Lipinski definition) is 3. The van der Waals surface area contributed by atoms with Crippen LogP contribution in [0.1, 0.15) is 27.8 Å². The monoisotopic (exact) mass is 586 g/mol. The Bertz CT molecular complexity index is 1690. The highest BCUT2D eigenvalue weighted by Gasteiger charge is 2.41. The van der Waals surface area contributed by atoms with Gasteiger partial charge in [0.1, 0.15) is 5.75 Å². The van der Waals surface area contributed by atoms with E-state index in [0.717, 1.165) is 39.9 Å². The fraction of sp³-hybridized carbons (Fsp3) is 0.111. The molecule has 3 aromatic carbocycles. The van der Waals surface area contributed by atoms with E-state index in [1.807, 2.05) is 13.8 Å². The number of anilines is 3. The van der Waals surface area contributed by atoms with Gasteiger partial charge in [0.2, 0.25) is 0 Å². The number of nitrogens with zero attached hydrogens (tertiary/aromatic N) is 2. The Hall–Kier alpha value is -4.29. The van der Waals surface area contributed by atoms with Gasteiger partial charge in [0.05, 0.1) is 32.4 Å². The molecule has 2 aliphatic rings. The number of aryl methyl sites for hydroxylation is 2. The molecule has 5 rings (SSSR count). The molecule has 0 bridgehead atoms. The average molecular weight is 587 g/mol. The molecule has 1 saturated heterocycles. The van der Waals surface area contributed by atoms with E-state index < -0.39 is 28.8 Å². The second kappa shape index (κ2) is 10.0. The lowest BCUT2D eigenvalue weighted by Crippen LogP contribution is -2.26. The number of hydrogen-bond acceptors (Lipinski definition) is 7. The number of amides is 3. The average Bonchev–Trinajstić information content (AvgIpc) is 3.34.